The number of methoxy groups -OCH3 is 1. The molecule has 1 fully saturated rings. The third-order valence-corrected chi connectivity index (χ3v) is 3.54. The Balaban J connectivity index is 1.77. The largest absolute Gasteiger partial charge is 0.496 e. The number of nitrogens with one attached hydrogen (secondary N) is 2. The molecular weight excluding hydrogens is 296 g/mol. The molecular formula is C13H19BrN2O2. The average molecular weight is 315 g/mol. The highest BCUT2D eigenvalue weighted by molar-refractivity contribution is 9.10. The van der Waals surface area contributed by atoms with Crippen LogP contribution in [0.25, 0.3) is 0 Å². The number of hydrogen-bond acceptors (Lipinski definition) is 4. The first-order chi connectivity index (χ1) is 8.79. The fourth-order valence-electron chi connectivity index (χ4n) is 1.95. The Morgan fingerprint density at radius 2 is 2.44 bits per heavy atom. The van der Waals surface area contributed by atoms with Crippen LogP contribution in [0.3, 0.4) is 0 Å². The van der Waals surface area contributed by atoms with Gasteiger partial charge in [0, 0.05) is 26.2 Å². The zero-order valence-electron chi connectivity index (χ0n) is 10.5. The standard InChI is InChI=1S/C13H19BrN2O2/c1-17-13-3-2-10(6-12(13)14)7-16-9-11-8-15-4-5-18-11/h2-3,6,11,15-16H,4-5,7-9H2,1H3. The Morgan fingerprint density at radius 3 is 3.11 bits per heavy atom. The second kappa shape index (κ2) is 7.09. The molecule has 0 bridgehead atoms. The van der Waals surface area contributed by atoms with Crippen molar-refractivity contribution in [2.24, 2.45) is 0 Å². The van der Waals surface area contributed by atoms with Crippen LogP contribution in [0.2, 0.25) is 0 Å². The van der Waals surface area contributed by atoms with Crippen LogP contribution in [0.5, 0.6) is 5.75 Å². The van der Waals surface area contributed by atoms with Crippen molar-refractivity contribution in [2.75, 3.05) is 33.4 Å². The summed E-state index contributed by atoms with van der Waals surface area (Å²) in [6.45, 7) is 4.40. The molecule has 1 atom stereocenters. The summed E-state index contributed by atoms with van der Waals surface area (Å²) in [5.74, 6) is 0.860. The first-order valence-electron chi connectivity index (χ1n) is 6.15. The fraction of sp³-hybridized carbons (Fsp3) is 0.538. The van der Waals surface area contributed by atoms with Crippen LogP contribution in [0, 0.1) is 0 Å². The monoisotopic (exact) mass is 314 g/mol. The van der Waals surface area contributed by atoms with Crippen molar-refractivity contribution < 1.29 is 9.47 Å². The summed E-state index contributed by atoms with van der Waals surface area (Å²) in [7, 11) is 1.67. The Labute approximate surface area is 116 Å². The van der Waals surface area contributed by atoms with Crippen molar-refractivity contribution in [1.82, 2.24) is 10.6 Å². The maximum atomic E-state index is 5.62. The maximum Gasteiger partial charge on any atom is 0.133 e. The van der Waals surface area contributed by atoms with Gasteiger partial charge in [-0.1, -0.05) is 6.07 Å². The van der Waals surface area contributed by atoms with Crippen LogP contribution in [0.1, 0.15) is 5.56 Å². The molecule has 18 heavy (non-hydrogen) atoms. The molecule has 1 aromatic rings. The quantitative estimate of drug-likeness (QED) is 0.865. The van der Waals surface area contributed by atoms with E-state index in [-0.39, 0.29) is 6.10 Å². The highest BCUT2D eigenvalue weighted by Crippen LogP contribution is 2.25. The summed E-state index contributed by atoms with van der Waals surface area (Å²) >= 11 is 3.49. The van der Waals surface area contributed by atoms with Gasteiger partial charge in [0.2, 0.25) is 0 Å². The van der Waals surface area contributed by atoms with E-state index in [4.69, 9.17) is 9.47 Å². The smallest absolute Gasteiger partial charge is 0.133 e. The minimum absolute atomic E-state index is 0.278. The van der Waals surface area contributed by atoms with Crippen molar-refractivity contribution in [1.29, 1.82) is 0 Å². The van der Waals surface area contributed by atoms with E-state index >= 15 is 0 Å². The molecule has 1 aliphatic rings. The molecule has 0 radical (unpaired) electrons. The Bertz CT molecular complexity index is 381. The van der Waals surface area contributed by atoms with Crippen LogP contribution in [0.15, 0.2) is 22.7 Å². The van der Waals surface area contributed by atoms with Gasteiger partial charge in [0.15, 0.2) is 0 Å². The van der Waals surface area contributed by atoms with Gasteiger partial charge < -0.3 is 20.1 Å². The lowest BCUT2D eigenvalue weighted by Crippen LogP contribution is -2.43. The van der Waals surface area contributed by atoms with Crippen molar-refractivity contribution >= 4 is 15.9 Å². The molecule has 0 spiro atoms. The van der Waals surface area contributed by atoms with Gasteiger partial charge in [0.1, 0.15) is 5.75 Å². The number of halogens is 1. The van der Waals surface area contributed by atoms with Gasteiger partial charge in [-0.2, -0.15) is 0 Å². The van der Waals surface area contributed by atoms with Gasteiger partial charge in [-0.25, -0.2) is 0 Å². The third kappa shape index (κ3) is 3.95. The molecule has 5 heteroatoms. The molecule has 4 nitrogen and oxygen atoms in total. The van der Waals surface area contributed by atoms with E-state index in [9.17, 15) is 0 Å². The van der Waals surface area contributed by atoms with E-state index in [2.05, 4.69) is 38.7 Å². The lowest BCUT2D eigenvalue weighted by molar-refractivity contribution is 0.0290. The molecule has 1 aliphatic heterocycles. The molecule has 0 amide bonds. The van der Waals surface area contributed by atoms with Gasteiger partial charge in [0.05, 0.1) is 24.3 Å². The van der Waals surface area contributed by atoms with Crippen LogP contribution < -0.4 is 15.4 Å². The fourth-order valence-corrected chi connectivity index (χ4v) is 2.54. The summed E-state index contributed by atoms with van der Waals surface area (Å²) in [6.07, 6.45) is 0.278. The lowest BCUT2D eigenvalue weighted by Gasteiger charge is -2.23. The van der Waals surface area contributed by atoms with Crippen molar-refractivity contribution in [3.05, 3.63) is 28.2 Å². The maximum absolute atomic E-state index is 5.62. The van der Waals surface area contributed by atoms with E-state index in [0.717, 1.165) is 43.0 Å². The summed E-state index contributed by atoms with van der Waals surface area (Å²) in [5.41, 5.74) is 1.23. The molecule has 0 saturated carbocycles. The topological polar surface area (TPSA) is 42.5 Å². The van der Waals surface area contributed by atoms with Crippen LogP contribution in [-0.4, -0.2) is 39.5 Å². The zero-order valence-corrected chi connectivity index (χ0v) is 12.1. The van der Waals surface area contributed by atoms with Crippen molar-refractivity contribution in [3.8, 4) is 5.75 Å². The summed E-state index contributed by atoms with van der Waals surface area (Å²) < 4.78 is 11.8. The summed E-state index contributed by atoms with van der Waals surface area (Å²) in [5, 5.41) is 6.73. The summed E-state index contributed by atoms with van der Waals surface area (Å²) in [4.78, 5) is 0. The number of ether oxygens (including phenoxy) is 2. The lowest BCUT2D eigenvalue weighted by atomic mass is 10.2. The number of benzene rings is 1. The first-order valence-corrected chi connectivity index (χ1v) is 6.94. The second-order valence-electron chi connectivity index (χ2n) is 4.30. The van der Waals surface area contributed by atoms with Crippen molar-refractivity contribution in [3.63, 3.8) is 0 Å². The second-order valence-corrected chi connectivity index (χ2v) is 5.15. The molecule has 1 aromatic carbocycles. The van der Waals surface area contributed by atoms with Crippen molar-refractivity contribution in [2.45, 2.75) is 12.6 Å². The normalized spacial score (nSPS) is 19.8. The van der Waals surface area contributed by atoms with Gasteiger partial charge in [-0.05, 0) is 33.6 Å². The highest BCUT2D eigenvalue weighted by atomic mass is 79.9. The number of rotatable bonds is 5. The Kier molecular flexibility index (Phi) is 5.44. The van der Waals surface area contributed by atoms with Gasteiger partial charge in [0.25, 0.3) is 0 Å². The van der Waals surface area contributed by atoms with E-state index in [0.29, 0.717) is 0 Å². The van der Waals surface area contributed by atoms with Crippen LogP contribution in [-0.2, 0) is 11.3 Å². The zero-order chi connectivity index (χ0) is 12.8. The van der Waals surface area contributed by atoms with E-state index < -0.39 is 0 Å². The predicted octanol–water partition coefficient (Wildman–Crippen LogP) is 1.54. The van der Waals surface area contributed by atoms with Gasteiger partial charge in [-0.15, -0.1) is 0 Å². The van der Waals surface area contributed by atoms with Crippen LogP contribution >= 0.6 is 15.9 Å². The van der Waals surface area contributed by atoms with E-state index in [1.165, 1.54) is 5.56 Å². The number of morpholine rings is 1. The molecule has 1 saturated heterocycles. The SMILES string of the molecule is COc1ccc(CNCC2CNCCO2)cc1Br. The van der Waals surface area contributed by atoms with E-state index in [1.54, 1.807) is 7.11 Å². The van der Waals surface area contributed by atoms with Crippen LogP contribution in [0.4, 0.5) is 0 Å². The molecule has 2 rings (SSSR count). The minimum atomic E-state index is 0.278. The molecule has 0 aromatic heterocycles. The van der Waals surface area contributed by atoms with Gasteiger partial charge in [-0.3, -0.25) is 0 Å². The average Bonchev–Trinajstić information content (AvgIpc) is 2.40. The minimum Gasteiger partial charge on any atom is -0.496 e. The molecule has 1 unspecified atom stereocenters. The highest BCUT2D eigenvalue weighted by Gasteiger charge is 2.12. The molecule has 100 valence electrons. The Hall–Kier alpha value is -0.620. The number of hydrogen-bond donors (Lipinski definition) is 2. The Morgan fingerprint density at radius 1 is 1.56 bits per heavy atom. The van der Waals surface area contributed by atoms with Gasteiger partial charge >= 0.3 is 0 Å². The third-order valence-electron chi connectivity index (χ3n) is 2.92. The molecule has 1 heterocycles. The van der Waals surface area contributed by atoms with E-state index in [1.807, 2.05) is 6.07 Å². The predicted molar refractivity (Wildman–Crippen MR) is 75.0 cm³/mol. The first kappa shape index (κ1) is 13.8. The molecule has 0 aliphatic carbocycles. The molecule has 2 N–H and O–H groups in total. The summed E-state index contributed by atoms with van der Waals surface area (Å²) in [6, 6.07) is 6.11.